The molecule has 130 valence electrons. The highest BCUT2D eigenvalue weighted by Crippen LogP contribution is 2.40. The van der Waals surface area contributed by atoms with E-state index in [-0.39, 0.29) is 29.6 Å². The predicted molar refractivity (Wildman–Crippen MR) is 89.7 cm³/mol. The Morgan fingerprint density at radius 1 is 1.32 bits per heavy atom. The van der Waals surface area contributed by atoms with Gasteiger partial charge in [0.05, 0.1) is 30.1 Å². The van der Waals surface area contributed by atoms with Gasteiger partial charge in [-0.1, -0.05) is 0 Å². The summed E-state index contributed by atoms with van der Waals surface area (Å²) in [5.41, 5.74) is 1.68. The number of carbonyl (C=O) groups excluding carboxylic acids is 1. The van der Waals surface area contributed by atoms with Crippen molar-refractivity contribution in [3.8, 4) is 5.75 Å². The number of carboxylic acids is 1. The fourth-order valence-electron chi connectivity index (χ4n) is 2.55. The highest BCUT2D eigenvalue weighted by atomic mass is 16.5. The zero-order valence-electron chi connectivity index (χ0n) is 13.9. The van der Waals surface area contributed by atoms with Gasteiger partial charge in [0.1, 0.15) is 0 Å². The maximum Gasteiger partial charge on any atom is 0.337 e. The van der Waals surface area contributed by atoms with E-state index in [1.807, 2.05) is 6.92 Å². The van der Waals surface area contributed by atoms with E-state index < -0.39 is 5.97 Å². The van der Waals surface area contributed by atoms with Crippen LogP contribution in [0.5, 0.6) is 5.75 Å². The number of aromatic carboxylic acids is 1. The maximum absolute atomic E-state index is 12.3. The Kier molecular flexibility index (Phi) is 4.92. The fraction of sp³-hybridized carbons (Fsp3) is 0.333. The van der Waals surface area contributed by atoms with Crippen molar-refractivity contribution in [2.24, 2.45) is 0 Å². The second kappa shape index (κ2) is 7.29. The van der Waals surface area contributed by atoms with Gasteiger partial charge >= 0.3 is 5.97 Å². The molecule has 2 heterocycles. The predicted octanol–water partition coefficient (Wildman–Crippen LogP) is 2.38. The number of carbonyl (C=O) groups is 2. The molecule has 0 aromatic carbocycles. The van der Waals surface area contributed by atoms with Crippen molar-refractivity contribution in [1.29, 1.82) is 0 Å². The van der Waals surface area contributed by atoms with Crippen LogP contribution in [0, 0.1) is 0 Å². The first-order chi connectivity index (χ1) is 12.1. The summed E-state index contributed by atoms with van der Waals surface area (Å²) in [6.45, 7) is 2.47. The number of carboxylic acid groups (broad SMARTS) is 1. The average Bonchev–Trinajstić information content (AvgIpc) is 3.45. The molecule has 0 radical (unpaired) electrons. The number of nitrogens with zero attached hydrogens (tertiary/aromatic N) is 2. The van der Waals surface area contributed by atoms with Crippen LogP contribution in [0.25, 0.3) is 0 Å². The molecule has 0 aliphatic heterocycles. The molecule has 1 fully saturated rings. The zero-order chi connectivity index (χ0) is 17.8. The third-order valence-electron chi connectivity index (χ3n) is 3.89. The Hall–Kier alpha value is -2.96. The topological polar surface area (TPSA) is 101 Å². The van der Waals surface area contributed by atoms with Crippen LogP contribution in [0.4, 0.5) is 0 Å². The molecule has 7 nitrogen and oxygen atoms in total. The van der Waals surface area contributed by atoms with Crippen molar-refractivity contribution >= 4 is 11.9 Å². The quantitative estimate of drug-likeness (QED) is 0.802. The van der Waals surface area contributed by atoms with Gasteiger partial charge in [0.2, 0.25) is 0 Å². The molecule has 0 saturated heterocycles. The SMILES string of the molecule is CCOc1cccnc1C(=O)NCc1ccc(C(=O)O)c(C2CC2)n1. The number of hydrogen-bond donors (Lipinski definition) is 2. The largest absolute Gasteiger partial charge is 0.491 e. The van der Waals surface area contributed by atoms with E-state index in [1.165, 1.54) is 6.20 Å². The number of nitrogens with one attached hydrogen (secondary N) is 1. The average molecular weight is 341 g/mol. The van der Waals surface area contributed by atoms with Gasteiger partial charge in [-0.2, -0.15) is 0 Å². The molecule has 0 unspecified atom stereocenters. The van der Waals surface area contributed by atoms with Crippen molar-refractivity contribution < 1.29 is 19.4 Å². The summed E-state index contributed by atoms with van der Waals surface area (Å²) in [4.78, 5) is 32.1. The lowest BCUT2D eigenvalue weighted by Gasteiger charge is -2.10. The van der Waals surface area contributed by atoms with E-state index in [1.54, 1.807) is 24.3 Å². The van der Waals surface area contributed by atoms with Gasteiger partial charge < -0.3 is 15.2 Å². The van der Waals surface area contributed by atoms with Crippen LogP contribution < -0.4 is 10.1 Å². The van der Waals surface area contributed by atoms with Crippen LogP contribution in [-0.4, -0.2) is 33.6 Å². The first-order valence-electron chi connectivity index (χ1n) is 8.19. The van der Waals surface area contributed by atoms with Gasteiger partial charge in [0, 0.05) is 12.1 Å². The van der Waals surface area contributed by atoms with Crippen LogP contribution in [0.3, 0.4) is 0 Å². The van der Waals surface area contributed by atoms with Crippen molar-refractivity contribution in [1.82, 2.24) is 15.3 Å². The Bertz CT molecular complexity index is 803. The van der Waals surface area contributed by atoms with Crippen molar-refractivity contribution in [3.05, 3.63) is 53.1 Å². The number of hydrogen-bond acceptors (Lipinski definition) is 5. The summed E-state index contributed by atoms with van der Waals surface area (Å²) in [7, 11) is 0. The van der Waals surface area contributed by atoms with Crippen molar-refractivity contribution in [3.63, 3.8) is 0 Å². The molecule has 0 atom stereocenters. The summed E-state index contributed by atoms with van der Waals surface area (Å²) < 4.78 is 5.41. The van der Waals surface area contributed by atoms with Crippen LogP contribution in [0.2, 0.25) is 0 Å². The van der Waals surface area contributed by atoms with E-state index >= 15 is 0 Å². The van der Waals surface area contributed by atoms with E-state index in [4.69, 9.17) is 4.74 Å². The minimum Gasteiger partial charge on any atom is -0.491 e. The number of aromatic nitrogens is 2. The Labute approximate surface area is 145 Å². The third-order valence-corrected chi connectivity index (χ3v) is 3.89. The van der Waals surface area contributed by atoms with Gasteiger partial charge in [-0.15, -0.1) is 0 Å². The Morgan fingerprint density at radius 3 is 2.80 bits per heavy atom. The lowest BCUT2D eigenvalue weighted by Crippen LogP contribution is -2.25. The zero-order valence-corrected chi connectivity index (χ0v) is 13.9. The maximum atomic E-state index is 12.3. The van der Waals surface area contributed by atoms with Gasteiger partial charge in [0.15, 0.2) is 11.4 Å². The molecular weight excluding hydrogens is 322 g/mol. The van der Waals surface area contributed by atoms with E-state index in [0.717, 1.165) is 12.8 Å². The lowest BCUT2D eigenvalue weighted by molar-refractivity contribution is 0.0694. The fourth-order valence-corrected chi connectivity index (χ4v) is 2.55. The Balaban J connectivity index is 1.72. The highest BCUT2D eigenvalue weighted by molar-refractivity contribution is 5.94. The number of amides is 1. The summed E-state index contributed by atoms with van der Waals surface area (Å²) in [6.07, 6.45) is 3.44. The second-order valence-electron chi connectivity index (χ2n) is 5.78. The summed E-state index contributed by atoms with van der Waals surface area (Å²) in [5, 5.41) is 12.0. The van der Waals surface area contributed by atoms with E-state index in [9.17, 15) is 14.7 Å². The van der Waals surface area contributed by atoms with Crippen molar-refractivity contribution in [2.75, 3.05) is 6.61 Å². The summed E-state index contributed by atoms with van der Waals surface area (Å²) in [6, 6.07) is 6.57. The molecule has 1 saturated carbocycles. The molecule has 2 aromatic rings. The van der Waals surface area contributed by atoms with Gasteiger partial charge in [-0.05, 0) is 44.0 Å². The molecule has 1 aliphatic carbocycles. The molecule has 3 rings (SSSR count). The molecule has 2 N–H and O–H groups in total. The minimum absolute atomic E-state index is 0.195. The van der Waals surface area contributed by atoms with Crippen LogP contribution in [0.15, 0.2) is 30.5 Å². The minimum atomic E-state index is -0.972. The molecule has 2 aromatic heterocycles. The standard InChI is InChI=1S/C18H19N3O4/c1-2-25-14-4-3-9-19-16(14)17(22)20-10-12-7-8-13(18(23)24)15(21-12)11-5-6-11/h3-4,7-9,11H,2,5-6,10H2,1H3,(H,20,22)(H,23,24). The lowest BCUT2D eigenvalue weighted by atomic mass is 10.1. The molecule has 25 heavy (non-hydrogen) atoms. The van der Waals surface area contributed by atoms with Crippen molar-refractivity contribution in [2.45, 2.75) is 32.2 Å². The molecule has 1 aliphatic rings. The summed E-state index contributed by atoms with van der Waals surface area (Å²) >= 11 is 0. The van der Waals surface area contributed by atoms with Gasteiger partial charge in [-0.25, -0.2) is 9.78 Å². The molecular formula is C18H19N3O4. The highest BCUT2D eigenvalue weighted by Gasteiger charge is 2.30. The first-order valence-corrected chi connectivity index (χ1v) is 8.19. The normalized spacial score (nSPS) is 13.3. The molecule has 1 amide bonds. The summed E-state index contributed by atoms with van der Waals surface area (Å²) in [5.74, 6) is -0.696. The number of rotatable bonds is 7. The monoisotopic (exact) mass is 341 g/mol. The molecule has 0 spiro atoms. The van der Waals surface area contributed by atoms with Gasteiger partial charge in [-0.3, -0.25) is 9.78 Å². The van der Waals surface area contributed by atoms with Crippen LogP contribution in [0.1, 0.15) is 57.9 Å². The van der Waals surface area contributed by atoms with E-state index in [0.29, 0.717) is 23.7 Å². The smallest absolute Gasteiger partial charge is 0.337 e. The van der Waals surface area contributed by atoms with E-state index in [2.05, 4.69) is 15.3 Å². The number of ether oxygens (including phenoxy) is 1. The third kappa shape index (κ3) is 3.93. The molecule has 0 bridgehead atoms. The van der Waals surface area contributed by atoms with Crippen LogP contribution in [-0.2, 0) is 6.54 Å². The molecule has 7 heteroatoms. The van der Waals surface area contributed by atoms with Gasteiger partial charge in [0.25, 0.3) is 5.91 Å². The first kappa shape index (κ1) is 16.9. The Morgan fingerprint density at radius 2 is 2.12 bits per heavy atom. The second-order valence-corrected chi connectivity index (χ2v) is 5.78. The van der Waals surface area contributed by atoms with Crippen LogP contribution >= 0.6 is 0 Å². The number of pyridine rings is 2.